The smallest absolute Gasteiger partial charge is 0.256 e. The molecule has 0 saturated heterocycles. The number of nitrogens with one attached hydrogen (secondary N) is 1. The van der Waals surface area contributed by atoms with Crippen LogP contribution >= 0.6 is 0 Å². The SMILES string of the molecule is CCCNC(=O)c1cn(CCC)nc1N. The molecule has 5 nitrogen and oxygen atoms in total. The number of anilines is 1. The second kappa shape index (κ2) is 5.38. The minimum absolute atomic E-state index is 0.142. The third-order valence-electron chi connectivity index (χ3n) is 2.02. The monoisotopic (exact) mass is 210 g/mol. The molecular weight excluding hydrogens is 192 g/mol. The summed E-state index contributed by atoms with van der Waals surface area (Å²) >= 11 is 0. The van der Waals surface area contributed by atoms with Crippen LogP contribution in [0, 0.1) is 0 Å². The van der Waals surface area contributed by atoms with Gasteiger partial charge in [0.15, 0.2) is 5.82 Å². The highest BCUT2D eigenvalue weighted by Gasteiger charge is 2.12. The van der Waals surface area contributed by atoms with Gasteiger partial charge >= 0.3 is 0 Å². The van der Waals surface area contributed by atoms with Gasteiger partial charge in [-0.25, -0.2) is 0 Å². The van der Waals surface area contributed by atoms with Crippen LogP contribution in [0.4, 0.5) is 5.82 Å². The van der Waals surface area contributed by atoms with Crippen molar-refractivity contribution in [2.75, 3.05) is 12.3 Å². The molecule has 1 amide bonds. The van der Waals surface area contributed by atoms with Gasteiger partial charge in [-0.2, -0.15) is 5.10 Å². The average Bonchev–Trinajstić information content (AvgIpc) is 2.57. The van der Waals surface area contributed by atoms with Crippen molar-refractivity contribution in [1.82, 2.24) is 15.1 Å². The summed E-state index contributed by atoms with van der Waals surface area (Å²) in [6.45, 7) is 5.50. The van der Waals surface area contributed by atoms with Crippen molar-refractivity contribution >= 4 is 11.7 Å². The molecule has 0 saturated carbocycles. The van der Waals surface area contributed by atoms with Crippen molar-refractivity contribution in [2.45, 2.75) is 33.2 Å². The standard InChI is InChI=1S/C10H18N4O/c1-3-5-12-10(15)8-7-14(6-4-2)13-9(8)11/h7H,3-6H2,1-2H3,(H2,11,13)(H,12,15). The van der Waals surface area contributed by atoms with Crippen molar-refractivity contribution in [3.05, 3.63) is 11.8 Å². The largest absolute Gasteiger partial charge is 0.382 e. The molecule has 1 aromatic heterocycles. The minimum Gasteiger partial charge on any atom is -0.382 e. The van der Waals surface area contributed by atoms with Crippen LogP contribution in [-0.2, 0) is 6.54 Å². The lowest BCUT2D eigenvalue weighted by atomic mass is 10.3. The van der Waals surface area contributed by atoms with E-state index in [9.17, 15) is 4.79 Å². The number of nitrogens with zero attached hydrogens (tertiary/aromatic N) is 2. The van der Waals surface area contributed by atoms with Crippen LogP contribution in [0.1, 0.15) is 37.0 Å². The Morgan fingerprint density at radius 2 is 2.27 bits per heavy atom. The molecule has 0 aromatic carbocycles. The lowest BCUT2D eigenvalue weighted by Gasteiger charge is -2.00. The van der Waals surface area contributed by atoms with Crippen LogP contribution in [0.3, 0.4) is 0 Å². The van der Waals surface area contributed by atoms with Crippen molar-refractivity contribution in [3.8, 4) is 0 Å². The van der Waals surface area contributed by atoms with E-state index in [0.29, 0.717) is 17.9 Å². The summed E-state index contributed by atoms with van der Waals surface area (Å²) < 4.78 is 1.70. The summed E-state index contributed by atoms with van der Waals surface area (Å²) in [4.78, 5) is 11.6. The number of nitrogen functional groups attached to an aromatic ring is 1. The van der Waals surface area contributed by atoms with E-state index in [2.05, 4.69) is 17.3 Å². The topological polar surface area (TPSA) is 72.9 Å². The Bertz CT molecular complexity index is 332. The van der Waals surface area contributed by atoms with Gasteiger partial charge in [-0.3, -0.25) is 9.48 Å². The number of aromatic nitrogens is 2. The van der Waals surface area contributed by atoms with Crippen LogP contribution in [0.5, 0.6) is 0 Å². The van der Waals surface area contributed by atoms with Crippen molar-refractivity contribution < 1.29 is 4.79 Å². The zero-order valence-electron chi connectivity index (χ0n) is 9.29. The Morgan fingerprint density at radius 1 is 1.53 bits per heavy atom. The lowest BCUT2D eigenvalue weighted by Crippen LogP contribution is -2.24. The molecule has 1 rings (SSSR count). The number of rotatable bonds is 5. The molecule has 0 aliphatic carbocycles. The molecule has 0 fully saturated rings. The highest BCUT2D eigenvalue weighted by Crippen LogP contribution is 2.08. The first-order valence-corrected chi connectivity index (χ1v) is 5.30. The van der Waals surface area contributed by atoms with Gasteiger partial charge in [-0.1, -0.05) is 13.8 Å². The van der Waals surface area contributed by atoms with E-state index < -0.39 is 0 Å². The second-order valence-corrected chi connectivity index (χ2v) is 3.45. The number of carbonyl (C=O) groups excluding carboxylic acids is 1. The quantitative estimate of drug-likeness (QED) is 0.762. The van der Waals surface area contributed by atoms with E-state index >= 15 is 0 Å². The lowest BCUT2D eigenvalue weighted by molar-refractivity contribution is 0.0954. The van der Waals surface area contributed by atoms with Crippen molar-refractivity contribution in [2.24, 2.45) is 0 Å². The molecule has 0 atom stereocenters. The molecule has 0 aliphatic rings. The molecule has 1 heterocycles. The summed E-state index contributed by atoms with van der Waals surface area (Å²) in [5.74, 6) is 0.161. The predicted octanol–water partition coefficient (Wildman–Crippen LogP) is 1.02. The molecule has 1 aromatic rings. The fraction of sp³-hybridized carbons (Fsp3) is 0.600. The summed E-state index contributed by atoms with van der Waals surface area (Å²) in [5, 5.41) is 6.84. The molecule has 84 valence electrons. The van der Waals surface area contributed by atoms with Crippen LogP contribution < -0.4 is 11.1 Å². The maximum atomic E-state index is 11.6. The summed E-state index contributed by atoms with van der Waals surface area (Å²) in [6, 6.07) is 0. The average molecular weight is 210 g/mol. The Kier molecular flexibility index (Phi) is 4.15. The number of amides is 1. The number of carbonyl (C=O) groups is 1. The van der Waals surface area contributed by atoms with Gasteiger partial charge in [0, 0.05) is 19.3 Å². The molecule has 0 radical (unpaired) electrons. The van der Waals surface area contributed by atoms with Gasteiger partial charge in [-0.05, 0) is 12.8 Å². The van der Waals surface area contributed by atoms with E-state index in [1.54, 1.807) is 10.9 Å². The van der Waals surface area contributed by atoms with Gasteiger partial charge in [0.1, 0.15) is 5.56 Å². The molecule has 0 bridgehead atoms. The first-order chi connectivity index (χ1) is 7.19. The highest BCUT2D eigenvalue weighted by atomic mass is 16.1. The summed E-state index contributed by atoms with van der Waals surface area (Å²) in [6.07, 6.45) is 3.58. The Balaban J connectivity index is 2.71. The molecule has 0 spiro atoms. The predicted molar refractivity (Wildman–Crippen MR) is 59.6 cm³/mol. The zero-order chi connectivity index (χ0) is 11.3. The fourth-order valence-electron chi connectivity index (χ4n) is 1.29. The van der Waals surface area contributed by atoms with Gasteiger partial charge in [0.25, 0.3) is 5.91 Å². The van der Waals surface area contributed by atoms with Gasteiger partial charge in [-0.15, -0.1) is 0 Å². The van der Waals surface area contributed by atoms with E-state index in [-0.39, 0.29) is 5.91 Å². The molecule has 5 heteroatoms. The number of nitrogens with two attached hydrogens (primary N) is 1. The second-order valence-electron chi connectivity index (χ2n) is 3.45. The van der Waals surface area contributed by atoms with E-state index in [1.165, 1.54) is 0 Å². The minimum atomic E-state index is -0.142. The fourth-order valence-corrected chi connectivity index (χ4v) is 1.29. The van der Waals surface area contributed by atoms with Crippen LogP contribution in [0.25, 0.3) is 0 Å². The van der Waals surface area contributed by atoms with E-state index in [0.717, 1.165) is 19.4 Å². The molecule has 0 unspecified atom stereocenters. The summed E-state index contributed by atoms with van der Waals surface area (Å²) in [7, 11) is 0. The van der Waals surface area contributed by atoms with Crippen LogP contribution in [0.2, 0.25) is 0 Å². The van der Waals surface area contributed by atoms with E-state index in [1.807, 2.05) is 6.92 Å². The first-order valence-electron chi connectivity index (χ1n) is 5.30. The van der Waals surface area contributed by atoms with Crippen LogP contribution in [0.15, 0.2) is 6.20 Å². The third kappa shape index (κ3) is 2.97. The summed E-state index contributed by atoms with van der Waals surface area (Å²) in [5.41, 5.74) is 6.12. The van der Waals surface area contributed by atoms with E-state index in [4.69, 9.17) is 5.73 Å². The zero-order valence-corrected chi connectivity index (χ0v) is 9.29. The number of hydrogen-bond donors (Lipinski definition) is 2. The Morgan fingerprint density at radius 3 is 2.87 bits per heavy atom. The highest BCUT2D eigenvalue weighted by molar-refractivity contribution is 5.98. The van der Waals surface area contributed by atoms with Crippen molar-refractivity contribution in [1.29, 1.82) is 0 Å². The van der Waals surface area contributed by atoms with Crippen molar-refractivity contribution in [3.63, 3.8) is 0 Å². The maximum Gasteiger partial charge on any atom is 0.256 e. The maximum absolute atomic E-state index is 11.6. The van der Waals surface area contributed by atoms with Gasteiger partial charge < -0.3 is 11.1 Å². The Labute approximate surface area is 89.6 Å². The third-order valence-corrected chi connectivity index (χ3v) is 2.02. The normalized spacial score (nSPS) is 10.3. The molecular formula is C10H18N4O. The Hall–Kier alpha value is -1.52. The van der Waals surface area contributed by atoms with Gasteiger partial charge in [0.05, 0.1) is 0 Å². The molecule has 15 heavy (non-hydrogen) atoms. The number of hydrogen-bond acceptors (Lipinski definition) is 3. The van der Waals surface area contributed by atoms with Gasteiger partial charge in [0.2, 0.25) is 0 Å². The molecule has 0 aliphatic heterocycles. The van der Waals surface area contributed by atoms with Crippen LogP contribution in [-0.4, -0.2) is 22.2 Å². The molecule has 3 N–H and O–H groups in total. The first kappa shape index (κ1) is 11.6. The number of aryl methyl sites for hydroxylation is 1.